The minimum absolute atomic E-state index is 0.0722. The zero-order valence-electron chi connectivity index (χ0n) is 12.4. The molecule has 0 fully saturated rings. The van der Waals surface area contributed by atoms with Crippen LogP contribution in [-0.4, -0.2) is 36.0 Å². The lowest BCUT2D eigenvalue weighted by Gasteiger charge is -2.26. The minimum Gasteiger partial charge on any atom is -0.342 e. The van der Waals surface area contributed by atoms with Crippen molar-refractivity contribution >= 4 is 5.91 Å². The smallest absolute Gasteiger partial charge is 0.239 e. The number of hydrogen-bond donors (Lipinski definition) is 1. The SMILES string of the molecule is CCN(CC)C(=O)C(C)NC(C)CCC(C)C. The average molecular weight is 242 g/mol. The van der Waals surface area contributed by atoms with Crippen LogP contribution in [0.4, 0.5) is 0 Å². The van der Waals surface area contributed by atoms with E-state index in [1.54, 1.807) is 0 Å². The van der Waals surface area contributed by atoms with Gasteiger partial charge in [0.1, 0.15) is 0 Å². The first kappa shape index (κ1) is 16.4. The van der Waals surface area contributed by atoms with Crippen molar-refractivity contribution < 1.29 is 4.79 Å². The quantitative estimate of drug-likeness (QED) is 0.709. The molecule has 0 radical (unpaired) electrons. The van der Waals surface area contributed by atoms with Gasteiger partial charge in [0.2, 0.25) is 5.91 Å². The van der Waals surface area contributed by atoms with E-state index in [2.05, 4.69) is 26.1 Å². The van der Waals surface area contributed by atoms with Crippen LogP contribution in [0, 0.1) is 5.92 Å². The standard InChI is InChI=1S/C14H30N2O/c1-7-16(8-2)14(17)13(6)15-12(5)10-9-11(3)4/h11-13,15H,7-10H2,1-6H3. The molecule has 2 unspecified atom stereocenters. The molecule has 0 aliphatic carbocycles. The van der Waals surface area contributed by atoms with Crippen molar-refractivity contribution in [3.63, 3.8) is 0 Å². The lowest BCUT2D eigenvalue weighted by atomic mass is 10.0. The summed E-state index contributed by atoms with van der Waals surface area (Å²) in [5, 5.41) is 3.39. The van der Waals surface area contributed by atoms with Crippen molar-refractivity contribution in [2.45, 2.75) is 66.5 Å². The molecule has 0 saturated carbocycles. The molecule has 17 heavy (non-hydrogen) atoms. The number of nitrogens with zero attached hydrogens (tertiary/aromatic N) is 1. The fourth-order valence-electron chi connectivity index (χ4n) is 1.97. The van der Waals surface area contributed by atoms with Gasteiger partial charge >= 0.3 is 0 Å². The molecule has 0 saturated heterocycles. The monoisotopic (exact) mass is 242 g/mol. The maximum Gasteiger partial charge on any atom is 0.239 e. The van der Waals surface area contributed by atoms with Gasteiger partial charge in [-0.3, -0.25) is 4.79 Å². The van der Waals surface area contributed by atoms with Gasteiger partial charge in [-0.1, -0.05) is 13.8 Å². The average Bonchev–Trinajstić information content (AvgIpc) is 2.27. The van der Waals surface area contributed by atoms with Crippen LogP contribution in [0.15, 0.2) is 0 Å². The fraction of sp³-hybridized carbons (Fsp3) is 0.929. The Labute approximate surface area is 107 Å². The number of carbonyl (C=O) groups excluding carboxylic acids is 1. The lowest BCUT2D eigenvalue weighted by Crippen LogP contribution is -2.47. The fourth-order valence-corrected chi connectivity index (χ4v) is 1.97. The highest BCUT2D eigenvalue weighted by atomic mass is 16.2. The zero-order chi connectivity index (χ0) is 13.4. The summed E-state index contributed by atoms with van der Waals surface area (Å²) in [5.74, 6) is 0.944. The Morgan fingerprint density at radius 2 is 1.59 bits per heavy atom. The normalized spacial score (nSPS) is 14.8. The molecular weight excluding hydrogens is 212 g/mol. The van der Waals surface area contributed by atoms with Crippen LogP contribution in [0.5, 0.6) is 0 Å². The molecular formula is C14H30N2O. The summed E-state index contributed by atoms with van der Waals surface area (Å²) in [6.07, 6.45) is 2.34. The van der Waals surface area contributed by atoms with Gasteiger partial charge in [0.25, 0.3) is 0 Å². The Morgan fingerprint density at radius 1 is 1.06 bits per heavy atom. The Kier molecular flexibility index (Phi) is 8.23. The lowest BCUT2D eigenvalue weighted by molar-refractivity contribution is -0.132. The van der Waals surface area contributed by atoms with Crippen molar-refractivity contribution in [1.82, 2.24) is 10.2 Å². The number of amides is 1. The highest BCUT2D eigenvalue weighted by Crippen LogP contribution is 2.07. The van der Waals surface area contributed by atoms with E-state index in [0.717, 1.165) is 25.4 Å². The van der Waals surface area contributed by atoms with Gasteiger partial charge in [0.05, 0.1) is 6.04 Å². The largest absolute Gasteiger partial charge is 0.342 e. The number of hydrogen-bond acceptors (Lipinski definition) is 2. The summed E-state index contributed by atoms with van der Waals surface area (Å²) in [6, 6.07) is 0.337. The van der Waals surface area contributed by atoms with E-state index < -0.39 is 0 Å². The molecule has 0 spiro atoms. The first-order valence-electron chi connectivity index (χ1n) is 6.97. The molecule has 0 aromatic heterocycles. The first-order chi connectivity index (χ1) is 7.92. The molecule has 0 aliphatic rings. The molecule has 2 atom stereocenters. The highest BCUT2D eigenvalue weighted by molar-refractivity contribution is 5.81. The van der Waals surface area contributed by atoms with Crippen LogP contribution < -0.4 is 5.32 Å². The molecule has 0 aromatic carbocycles. The summed E-state index contributed by atoms with van der Waals surface area (Å²) in [4.78, 5) is 13.9. The summed E-state index contributed by atoms with van der Waals surface area (Å²) in [7, 11) is 0. The second kappa shape index (κ2) is 8.51. The molecule has 102 valence electrons. The Morgan fingerprint density at radius 3 is 2.00 bits per heavy atom. The van der Waals surface area contributed by atoms with E-state index in [0.29, 0.717) is 6.04 Å². The predicted octanol–water partition coefficient (Wildman–Crippen LogP) is 2.66. The number of rotatable bonds is 8. The Bertz CT molecular complexity index is 212. The molecule has 0 aliphatic heterocycles. The number of nitrogens with one attached hydrogen (secondary N) is 1. The van der Waals surface area contributed by atoms with Gasteiger partial charge in [0.15, 0.2) is 0 Å². The summed E-state index contributed by atoms with van der Waals surface area (Å²) in [6.45, 7) is 14.2. The third-order valence-electron chi connectivity index (χ3n) is 3.16. The molecule has 1 amide bonds. The molecule has 0 rings (SSSR count). The molecule has 0 heterocycles. The maximum absolute atomic E-state index is 12.0. The summed E-state index contributed by atoms with van der Waals surface area (Å²) in [5.41, 5.74) is 0. The van der Waals surface area contributed by atoms with Gasteiger partial charge in [-0.05, 0) is 46.5 Å². The van der Waals surface area contributed by atoms with Crippen LogP contribution >= 0.6 is 0 Å². The Balaban J connectivity index is 4.06. The highest BCUT2D eigenvalue weighted by Gasteiger charge is 2.19. The van der Waals surface area contributed by atoms with E-state index in [1.165, 1.54) is 6.42 Å². The van der Waals surface area contributed by atoms with Crippen LogP contribution in [0.3, 0.4) is 0 Å². The Hall–Kier alpha value is -0.570. The molecule has 0 bridgehead atoms. The third kappa shape index (κ3) is 6.67. The van der Waals surface area contributed by atoms with Crippen molar-refractivity contribution in [1.29, 1.82) is 0 Å². The van der Waals surface area contributed by atoms with Crippen LogP contribution in [0.2, 0.25) is 0 Å². The minimum atomic E-state index is -0.0722. The van der Waals surface area contributed by atoms with E-state index in [9.17, 15) is 4.79 Å². The topological polar surface area (TPSA) is 32.3 Å². The summed E-state index contributed by atoms with van der Waals surface area (Å²) >= 11 is 0. The van der Waals surface area contributed by atoms with Crippen LogP contribution in [-0.2, 0) is 4.79 Å². The van der Waals surface area contributed by atoms with Crippen molar-refractivity contribution in [3.8, 4) is 0 Å². The van der Waals surface area contributed by atoms with E-state index in [4.69, 9.17) is 0 Å². The zero-order valence-corrected chi connectivity index (χ0v) is 12.4. The number of carbonyl (C=O) groups is 1. The van der Waals surface area contributed by atoms with Gasteiger partial charge in [0, 0.05) is 19.1 Å². The van der Waals surface area contributed by atoms with E-state index in [1.807, 2.05) is 25.7 Å². The van der Waals surface area contributed by atoms with E-state index >= 15 is 0 Å². The van der Waals surface area contributed by atoms with Crippen LogP contribution in [0.25, 0.3) is 0 Å². The van der Waals surface area contributed by atoms with Crippen molar-refractivity contribution in [2.75, 3.05) is 13.1 Å². The van der Waals surface area contributed by atoms with Crippen molar-refractivity contribution in [3.05, 3.63) is 0 Å². The van der Waals surface area contributed by atoms with Gasteiger partial charge < -0.3 is 10.2 Å². The molecule has 3 nitrogen and oxygen atoms in total. The molecule has 3 heteroatoms. The maximum atomic E-state index is 12.0. The van der Waals surface area contributed by atoms with E-state index in [-0.39, 0.29) is 11.9 Å². The first-order valence-corrected chi connectivity index (χ1v) is 6.97. The van der Waals surface area contributed by atoms with Crippen LogP contribution in [0.1, 0.15) is 54.4 Å². The molecule has 0 aromatic rings. The summed E-state index contributed by atoms with van der Waals surface area (Å²) < 4.78 is 0. The molecule has 1 N–H and O–H groups in total. The van der Waals surface area contributed by atoms with Gasteiger partial charge in [-0.15, -0.1) is 0 Å². The van der Waals surface area contributed by atoms with Gasteiger partial charge in [-0.2, -0.15) is 0 Å². The third-order valence-corrected chi connectivity index (χ3v) is 3.16. The second-order valence-electron chi connectivity index (χ2n) is 5.27. The predicted molar refractivity (Wildman–Crippen MR) is 74.1 cm³/mol. The van der Waals surface area contributed by atoms with Gasteiger partial charge in [-0.25, -0.2) is 0 Å². The second-order valence-corrected chi connectivity index (χ2v) is 5.27. The van der Waals surface area contributed by atoms with Crippen molar-refractivity contribution in [2.24, 2.45) is 5.92 Å². The number of likely N-dealkylation sites (N-methyl/N-ethyl adjacent to an activating group) is 1.